The van der Waals surface area contributed by atoms with Gasteiger partial charge in [-0.1, -0.05) is 12.7 Å². The lowest BCUT2D eigenvalue weighted by molar-refractivity contribution is 0.530. The molecule has 0 atom stereocenters. The Morgan fingerprint density at radius 3 is 2.65 bits per heavy atom. The first kappa shape index (κ1) is 21.9. The zero-order valence-electron chi connectivity index (χ0n) is 20.1. The van der Waals surface area contributed by atoms with E-state index in [2.05, 4.69) is 60.9 Å². The van der Waals surface area contributed by atoms with Crippen molar-refractivity contribution in [2.24, 2.45) is 0 Å². The number of nitrogens with one attached hydrogen (secondary N) is 2. The molecular weight excluding hydrogens is 422 g/mol. The maximum atomic E-state index is 4.63. The fourth-order valence-electron chi connectivity index (χ4n) is 4.68. The molecule has 0 aromatic carbocycles. The van der Waals surface area contributed by atoms with Crippen LogP contribution in [0.4, 0.5) is 5.69 Å². The molecule has 5 rings (SSSR count). The van der Waals surface area contributed by atoms with E-state index in [1.165, 1.54) is 30.3 Å². The summed E-state index contributed by atoms with van der Waals surface area (Å²) in [5.74, 6) is 0. The summed E-state index contributed by atoms with van der Waals surface area (Å²) < 4.78 is 0. The molecule has 4 aromatic rings. The SMILES string of the molecule is C=C/C(=C\C(=C/C)c1cnc2n[nH]c(-c3cc4c(N5CCCCC5)cncc4[nH]3)c2c1)N(C)C. The van der Waals surface area contributed by atoms with Gasteiger partial charge in [0.2, 0.25) is 0 Å². The number of piperidine rings is 1. The third kappa shape index (κ3) is 3.98. The third-order valence-corrected chi connectivity index (χ3v) is 6.57. The Hall–Kier alpha value is -3.87. The number of hydrogen-bond acceptors (Lipinski definition) is 5. The summed E-state index contributed by atoms with van der Waals surface area (Å²) in [5, 5.41) is 9.85. The maximum Gasteiger partial charge on any atom is 0.181 e. The summed E-state index contributed by atoms with van der Waals surface area (Å²) in [6.07, 6.45) is 15.6. The highest BCUT2D eigenvalue weighted by Gasteiger charge is 2.18. The highest BCUT2D eigenvalue weighted by atomic mass is 15.2. The molecule has 5 heterocycles. The number of hydrogen-bond donors (Lipinski definition) is 2. The first-order valence-corrected chi connectivity index (χ1v) is 11.8. The average molecular weight is 454 g/mol. The minimum absolute atomic E-state index is 0.697. The molecule has 0 bridgehead atoms. The van der Waals surface area contributed by atoms with Crippen molar-refractivity contribution in [2.75, 3.05) is 32.1 Å². The lowest BCUT2D eigenvalue weighted by Crippen LogP contribution is -2.29. The van der Waals surface area contributed by atoms with Gasteiger partial charge in [0.05, 0.1) is 35.0 Å². The lowest BCUT2D eigenvalue weighted by atomic mass is 10.0. The number of anilines is 1. The summed E-state index contributed by atoms with van der Waals surface area (Å²) in [7, 11) is 4.03. The van der Waals surface area contributed by atoms with Gasteiger partial charge in [0.15, 0.2) is 5.65 Å². The number of rotatable bonds is 6. The van der Waals surface area contributed by atoms with E-state index in [4.69, 9.17) is 0 Å². The summed E-state index contributed by atoms with van der Waals surface area (Å²) in [4.78, 5) is 17.2. The number of nitrogens with zero attached hydrogens (tertiary/aromatic N) is 5. The highest BCUT2D eigenvalue weighted by molar-refractivity contribution is 5.99. The molecule has 1 fully saturated rings. The van der Waals surface area contributed by atoms with Crippen molar-refractivity contribution in [1.29, 1.82) is 0 Å². The molecule has 4 aromatic heterocycles. The van der Waals surface area contributed by atoms with E-state index < -0.39 is 0 Å². The van der Waals surface area contributed by atoms with Crippen LogP contribution in [-0.4, -0.2) is 57.2 Å². The standard InChI is InChI=1S/C27H31N7/c1-5-18(12-20(6-2)33(3)4)19-13-22-26(31-32-27(22)29-15-19)23-14-21-24(30-23)16-28-17-25(21)34-10-8-7-9-11-34/h5-6,12-17,30H,2,7-11H2,1,3-4H3,(H,29,31,32)/b18-5+,20-12+. The summed E-state index contributed by atoms with van der Waals surface area (Å²) in [5.41, 5.74) is 8.00. The Morgan fingerprint density at radius 2 is 1.91 bits per heavy atom. The molecule has 0 spiro atoms. The Bertz CT molecular complexity index is 1400. The fourth-order valence-corrected chi connectivity index (χ4v) is 4.68. The van der Waals surface area contributed by atoms with E-state index in [9.17, 15) is 0 Å². The summed E-state index contributed by atoms with van der Waals surface area (Å²) in [6, 6.07) is 4.36. The van der Waals surface area contributed by atoms with Crippen LogP contribution < -0.4 is 4.90 Å². The van der Waals surface area contributed by atoms with Gasteiger partial charge in [0.25, 0.3) is 0 Å². The van der Waals surface area contributed by atoms with Crippen molar-refractivity contribution in [1.82, 2.24) is 30.0 Å². The van der Waals surface area contributed by atoms with Gasteiger partial charge < -0.3 is 14.8 Å². The van der Waals surface area contributed by atoms with Gasteiger partial charge in [0, 0.05) is 55.4 Å². The smallest absolute Gasteiger partial charge is 0.181 e. The topological polar surface area (TPSA) is 76.7 Å². The van der Waals surface area contributed by atoms with Crippen molar-refractivity contribution in [3.05, 3.63) is 66.8 Å². The average Bonchev–Trinajstić information content (AvgIpc) is 3.48. The molecule has 0 aliphatic carbocycles. The minimum Gasteiger partial charge on any atom is -0.378 e. The fraction of sp³-hybridized carbons (Fsp3) is 0.296. The van der Waals surface area contributed by atoms with Crippen LogP contribution in [0.15, 0.2) is 61.2 Å². The van der Waals surface area contributed by atoms with Crippen molar-refractivity contribution < 1.29 is 0 Å². The van der Waals surface area contributed by atoms with Crippen molar-refractivity contribution in [3.8, 4) is 11.4 Å². The number of likely N-dealkylation sites (N-methyl/N-ethyl adjacent to an activating group) is 1. The van der Waals surface area contributed by atoms with Crippen LogP contribution in [0.25, 0.3) is 38.9 Å². The number of pyridine rings is 2. The van der Waals surface area contributed by atoms with E-state index in [1.54, 1.807) is 0 Å². The second kappa shape index (κ2) is 9.17. The van der Waals surface area contributed by atoms with E-state index in [1.807, 2.05) is 50.6 Å². The zero-order valence-corrected chi connectivity index (χ0v) is 20.1. The van der Waals surface area contributed by atoms with E-state index in [0.29, 0.717) is 5.65 Å². The Balaban J connectivity index is 1.58. The molecule has 0 unspecified atom stereocenters. The van der Waals surface area contributed by atoms with E-state index >= 15 is 0 Å². The molecule has 1 aliphatic heterocycles. The largest absolute Gasteiger partial charge is 0.378 e. The van der Waals surface area contributed by atoms with Gasteiger partial charge in [-0.3, -0.25) is 10.1 Å². The van der Waals surface area contributed by atoms with Crippen molar-refractivity contribution in [3.63, 3.8) is 0 Å². The van der Waals surface area contributed by atoms with Gasteiger partial charge in [-0.2, -0.15) is 5.10 Å². The Labute approximate surface area is 199 Å². The number of aromatic amines is 2. The van der Waals surface area contributed by atoms with E-state index in [0.717, 1.165) is 52.2 Å². The molecule has 7 nitrogen and oxygen atoms in total. The minimum atomic E-state index is 0.697. The monoisotopic (exact) mass is 453 g/mol. The maximum absolute atomic E-state index is 4.63. The molecule has 1 aliphatic rings. The van der Waals surface area contributed by atoms with Crippen molar-refractivity contribution >= 4 is 33.2 Å². The van der Waals surface area contributed by atoms with Gasteiger partial charge in [-0.15, -0.1) is 0 Å². The van der Waals surface area contributed by atoms with Crippen LogP contribution in [-0.2, 0) is 0 Å². The van der Waals surface area contributed by atoms with Crippen LogP contribution in [0.5, 0.6) is 0 Å². The molecule has 34 heavy (non-hydrogen) atoms. The highest BCUT2D eigenvalue weighted by Crippen LogP contribution is 2.34. The van der Waals surface area contributed by atoms with Gasteiger partial charge in [-0.05, 0) is 56.0 Å². The Kier molecular flexibility index (Phi) is 5.92. The lowest BCUT2D eigenvalue weighted by Gasteiger charge is -2.28. The second-order valence-electron chi connectivity index (χ2n) is 8.96. The van der Waals surface area contributed by atoms with Gasteiger partial charge in [-0.25, -0.2) is 4.98 Å². The number of allylic oxidation sites excluding steroid dienone is 4. The number of fused-ring (bicyclic) bond motifs is 2. The van der Waals surface area contributed by atoms with Crippen LogP contribution in [0, 0.1) is 0 Å². The molecule has 0 amide bonds. The first-order valence-electron chi connectivity index (χ1n) is 11.8. The molecule has 174 valence electrons. The Morgan fingerprint density at radius 1 is 1.09 bits per heavy atom. The van der Waals surface area contributed by atoms with Crippen LogP contribution in [0.3, 0.4) is 0 Å². The normalized spacial score (nSPS) is 15.3. The van der Waals surface area contributed by atoms with Crippen LogP contribution >= 0.6 is 0 Å². The van der Waals surface area contributed by atoms with Crippen molar-refractivity contribution in [2.45, 2.75) is 26.2 Å². The quantitative estimate of drug-likeness (QED) is 0.376. The second-order valence-corrected chi connectivity index (χ2v) is 8.96. The first-order chi connectivity index (χ1) is 16.6. The zero-order chi connectivity index (χ0) is 23.7. The number of aromatic nitrogens is 5. The number of H-pyrrole nitrogens is 2. The van der Waals surface area contributed by atoms with Gasteiger partial charge >= 0.3 is 0 Å². The molecule has 7 heteroatoms. The van der Waals surface area contributed by atoms with Gasteiger partial charge in [0.1, 0.15) is 0 Å². The van der Waals surface area contributed by atoms with E-state index in [-0.39, 0.29) is 0 Å². The molecule has 1 saturated heterocycles. The predicted molar refractivity (Wildman–Crippen MR) is 141 cm³/mol. The molecule has 0 saturated carbocycles. The predicted octanol–water partition coefficient (Wildman–Crippen LogP) is 5.53. The summed E-state index contributed by atoms with van der Waals surface area (Å²) >= 11 is 0. The third-order valence-electron chi connectivity index (χ3n) is 6.57. The molecular formula is C27H31N7. The summed E-state index contributed by atoms with van der Waals surface area (Å²) in [6.45, 7) is 8.15. The van der Waals surface area contributed by atoms with Crippen LogP contribution in [0.1, 0.15) is 31.7 Å². The van der Waals surface area contributed by atoms with Crippen LogP contribution in [0.2, 0.25) is 0 Å². The molecule has 2 N–H and O–H groups in total. The molecule has 0 radical (unpaired) electrons.